The molecule has 22 heavy (non-hydrogen) atoms. The number of hydrogen-bond acceptors (Lipinski definition) is 6. The van der Waals surface area contributed by atoms with E-state index in [2.05, 4.69) is 27.6 Å². The molecule has 1 aromatic heterocycles. The molecule has 0 radical (unpaired) electrons. The first kappa shape index (κ1) is 16.0. The molecule has 0 unspecified atom stereocenters. The maximum atomic E-state index is 12.3. The zero-order valence-electron chi connectivity index (χ0n) is 11.2. The Kier molecular flexibility index (Phi) is 4.49. The lowest BCUT2D eigenvalue weighted by Crippen LogP contribution is -2.17. The average Bonchev–Trinajstić information content (AvgIpc) is 2.79. The molecule has 1 heterocycles. The fourth-order valence-corrected chi connectivity index (χ4v) is 2.31. The van der Waals surface area contributed by atoms with Crippen molar-refractivity contribution >= 4 is 40.1 Å². The number of benzene rings is 1. The van der Waals surface area contributed by atoms with Crippen LogP contribution in [0.1, 0.15) is 16.2 Å². The minimum atomic E-state index is -0.972. The Morgan fingerprint density at radius 2 is 1.82 bits per heavy atom. The van der Waals surface area contributed by atoms with E-state index in [9.17, 15) is 25.0 Å². The molecular weight excluding hydrogens is 407 g/mol. The summed E-state index contributed by atoms with van der Waals surface area (Å²) in [5.74, 6) is -2.59. The number of rotatable bonds is 4. The third-order valence-electron chi connectivity index (χ3n) is 2.87. The molecule has 0 amide bonds. The van der Waals surface area contributed by atoms with Crippen LogP contribution in [-0.4, -0.2) is 25.3 Å². The fourth-order valence-electron chi connectivity index (χ4n) is 1.95. The molecular formula is C12H9IN4O5. The van der Waals surface area contributed by atoms with Crippen molar-refractivity contribution in [2.24, 2.45) is 0 Å². The van der Waals surface area contributed by atoms with Gasteiger partial charge in [-0.25, -0.2) is 4.79 Å². The SMILES string of the molecule is Cc1nc([N+](=O)[O-])c([N+](=O)[O-])n1C(=O)Cc1ccc(I)cc1. The quantitative estimate of drug-likeness (QED) is 0.429. The molecule has 0 saturated carbocycles. The smallest absolute Gasteiger partial charge is 0.358 e. The van der Waals surface area contributed by atoms with E-state index < -0.39 is 27.4 Å². The average molecular weight is 416 g/mol. The van der Waals surface area contributed by atoms with Gasteiger partial charge in [-0.15, -0.1) is 4.57 Å². The largest absolute Gasteiger partial charge is 0.463 e. The lowest BCUT2D eigenvalue weighted by atomic mass is 10.1. The third kappa shape index (κ3) is 3.10. The van der Waals surface area contributed by atoms with Gasteiger partial charge in [-0.3, -0.25) is 0 Å². The molecule has 0 aliphatic heterocycles. The Morgan fingerprint density at radius 3 is 2.32 bits per heavy atom. The van der Waals surface area contributed by atoms with Crippen LogP contribution >= 0.6 is 22.6 Å². The van der Waals surface area contributed by atoms with E-state index in [0.717, 1.165) is 3.57 Å². The van der Waals surface area contributed by atoms with Crippen molar-refractivity contribution < 1.29 is 14.6 Å². The summed E-state index contributed by atoms with van der Waals surface area (Å²) in [4.78, 5) is 35.7. The predicted molar refractivity (Wildman–Crippen MR) is 83.8 cm³/mol. The summed E-state index contributed by atoms with van der Waals surface area (Å²) in [6.45, 7) is 1.31. The van der Waals surface area contributed by atoms with Crippen molar-refractivity contribution in [3.63, 3.8) is 0 Å². The Bertz CT molecular complexity index is 769. The second-order valence-corrected chi connectivity index (χ2v) is 5.60. The number of aryl methyl sites for hydroxylation is 1. The molecule has 0 N–H and O–H groups in total. The van der Waals surface area contributed by atoms with Crippen molar-refractivity contribution in [1.29, 1.82) is 0 Å². The molecule has 0 bridgehead atoms. The number of nitrogens with zero attached hydrogens (tertiary/aromatic N) is 4. The molecule has 1 aromatic carbocycles. The molecule has 0 aliphatic rings. The van der Waals surface area contributed by atoms with Crippen LogP contribution in [0.3, 0.4) is 0 Å². The first-order valence-corrected chi connectivity index (χ1v) is 7.05. The second kappa shape index (κ2) is 6.17. The van der Waals surface area contributed by atoms with Crippen LogP contribution in [0.2, 0.25) is 0 Å². The number of nitro groups is 2. The van der Waals surface area contributed by atoms with Gasteiger partial charge in [0, 0.05) is 15.5 Å². The summed E-state index contributed by atoms with van der Waals surface area (Å²) < 4.78 is 1.66. The molecule has 114 valence electrons. The van der Waals surface area contributed by atoms with Crippen LogP contribution in [0.15, 0.2) is 24.3 Å². The highest BCUT2D eigenvalue weighted by atomic mass is 127. The zero-order valence-corrected chi connectivity index (χ0v) is 13.4. The van der Waals surface area contributed by atoms with Crippen molar-refractivity contribution in [3.05, 3.63) is 59.5 Å². The van der Waals surface area contributed by atoms with Gasteiger partial charge in [0.05, 0.1) is 6.42 Å². The molecule has 0 saturated heterocycles. The zero-order chi connectivity index (χ0) is 16.4. The van der Waals surface area contributed by atoms with Crippen LogP contribution in [0.25, 0.3) is 0 Å². The van der Waals surface area contributed by atoms with E-state index in [0.29, 0.717) is 10.1 Å². The number of carbonyl (C=O) groups is 1. The summed E-state index contributed by atoms with van der Waals surface area (Å²) in [7, 11) is 0. The van der Waals surface area contributed by atoms with E-state index in [1.807, 2.05) is 0 Å². The van der Waals surface area contributed by atoms with Crippen molar-refractivity contribution in [2.75, 3.05) is 0 Å². The molecule has 0 fully saturated rings. The monoisotopic (exact) mass is 416 g/mol. The standard InChI is InChI=1S/C12H9IN4O5/c1-7-14-11(16(19)20)12(17(21)22)15(7)10(18)6-8-2-4-9(13)5-3-8/h2-5H,6H2,1H3. The van der Waals surface area contributed by atoms with Gasteiger partial charge in [-0.2, -0.15) is 0 Å². The van der Waals surface area contributed by atoms with Crippen LogP contribution in [0, 0.1) is 30.7 Å². The number of aromatic nitrogens is 2. The first-order valence-electron chi connectivity index (χ1n) is 5.97. The minimum Gasteiger partial charge on any atom is -0.358 e. The van der Waals surface area contributed by atoms with Crippen molar-refractivity contribution in [1.82, 2.24) is 9.55 Å². The number of carbonyl (C=O) groups excluding carboxylic acids is 1. The van der Waals surface area contributed by atoms with Gasteiger partial charge in [-0.1, -0.05) is 12.1 Å². The van der Waals surface area contributed by atoms with E-state index in [-0.39, 0.29) is 12.2 Å². The summed E-state index contributed by atoms with van der Waals surface area (Å²) in [6, 6.07) is 7.01. The molecule has 2 aromatic rings. The maximum absolute atomic E-state index is 12.3. The van der Waals surface area contributed by atoms with E-state index >= 15 is 0 Å². The number of halogens is 1. The highest BCUT2D eigenvalue weighted by molar-refractivity contribution is 14.1. The highest BCUT2D eigenvalue weighted by Crippen LogP contribution is 2.27. The van der Waals surface area contributed by atoms with Crippen molar-refractivity contribution in [2.45, 2.75) is 13.3 Å². The fraction of sp³-hybridized carbons (Fsp3) is 0.167. The number of imidazole rings is 1. The van der Waals surface area contributed by atoms with Gasteiger partial charge in [0.1, 0.15) is 0 Å². The number of hydrogen-bond donors (Lipinski definition) is 0. The molecule has 2 rings (SSSR count). The Morgan fingerprint density at radius 1 is 1.23 bits per heavy atom. The summed E-state index contributed by atoms with van der Waals surface area (Å²) in [5, 5.41) is 21.9. The lowest BCUT2D eigenvalue weighted by molar-refractivity contribution is -0.428. The Balaban J connectivity index is 2.43. The summed E-state index contributed by atoms with van der Waals surface area (Å²) in [5.41, 5.74) is 0.649. The van der Waals surface area contributed by atoms with Gasteiger partial charge in [0.2, 0.25) is 0 Å². The van der Waals surface area contributed by atoms with Gasteiger partial charge >= 0.3 is 23.4 Å². The van der Waals surface area contributed by atoms with Crippen LogP contribution in [0.4, 0.5) is 11.6 Å². The predicted octanol–water partition coefficient (Wildman–Crippen LogP) is 2.50. The van der Waals surface area contributed by atoms with E-state index in [1.165, 1.54) is 6.92 Å². The third-order valence-corrected chi connectivity index (χ3v) is 3.59. The molecule has 0 atom stereocenters. The molecule has 10 heteroatoms. The Hall–Kier alpha value is -2.37. The van der Waals surface area contributed by atoms with E-state index in [1.54, 1.807) is 24.3 Å². The van der Waals surface area contributed by atoms with Gasteiger partial charge in [0.25, 0.3) is 0 Å². The molecule has 9 nitrogen and oxygen atoms in total. The minimum absolute atomic E-state index is 0.0890. The summed E-state index contributed by atoms with van der Waals surface area (Å²) in [6.07, 6.45) is -0.119. The van der Waals surface area contributed by atoms with E-state index in [4.69, 9.17) is 0 Å². The molecule has 0 aliphatic carbocycles. The van der Waals surface area contributed by atoms with Gasteiger partial charge in [0.15, 0.2) is 0 Å². The van der Waals surface area contributed by atoms with Crippen LogP contribution in [-0.2, 0) is 6.42 Å². The van der Waals surface area contributed by atoms with Crippen molar-refractivity contribution in [3.8, 4) is 0 Å². The molecule has 0 spiro atoms. The normalized spacial score (nSPS) is 10.5. The lowest BCUT2D eigenvalue weighted by Gasteiger charge is -2.01. The summed E-state index contributed by atoms with van der Waals surface area (Å²) >= 11 is 2.11. The van der Waals surface area contributed by atoms with Gasteiger partial charge < -0.3 is 20.2 Å². The van der Waals surface area contributed by atoms with Crippen LogP contribution in [0.5, 0.6) is 0 Å². The maximum Gasteiger partial charge on any atom is 0.463 e. The first-order chi connectivity index (χ1) is 10.3. The van der Waals surface area contributed by atoms with Gasteiger partial charge in [-0.05, 0) is 50.1 Å². The van der Waals surface area contributed by atoms with Crippen LogP contribution < -0.4 is 0 Å². The topological polar surface area (TPSA) is 121 Å². The Labute approximate surface area is 137 Å². The highest BCUT2D eigenvalue weighted by Gasteiger charge is 2.39. The second-order valence-electron chi connectivity index (χ2n) is 4.35.